The Hall–Kier alpha value is -1.08. The van der Waals surface area contributed by atoms with Gasteiger partial charge in [-0.3, -0.25) is 4.90 Å². The van der Waals surface area contributed by atoms with Gasteiger partial charge in [-0.25, -0.2) is 0 Å². The summed E-state index contributed by atoms with van der Waals surface area (Å²) in [5.74, 6) is 0. The summed E-state index contributed by atoms with van der Waals surface area (Å²) in [7, 11) is 0. The van der Waals surface area contributed by atoms with E-state index in [0.717, 1.165) is 6.54 Å². The van der Waals surface area contributed by atoms with Gasteiger partial charge >= 0.3 is 0 Å². The van der Waals surface area contributed by atoms with Crippen LogP contribution in [0.1, 0.15) is 24.0 Å². The Balaban J connectivity index is 2.04. The largest absolute Gasteiger partial charge is 0.299 e. The molecule has 0 bridgehead atoms. The normalized spacial score (nSPS) is 17.1. The highest BCUT2D eigenvalue weighted by Crippen LogP contribution is 2.14. The van der Waals surface area contributed by atoms with Gasteiger partial charge in [-0.15, -0.1) is 0 Å². The summed E-state index contributed by atoms with van der Waals surface area (Å²) in [5, 5.41) is 0. The Kier molecular flexibility index (Phi) is 3.00. The van der Waals surface area contributed by atoms with Crippen LogP contribution in [0.15, 0.2) is 30.8 Å². The average Bonchev–Trinajstić information content (AvgIpc) is 2.71. The van der Waals surface area contributed by atoms with Crippen LogP contribution >= 0.6 is 0 Å². The molecule has 1 fully saturated rings. The molecule has 0 aliphatic carbocycles. The lowest BCUT2D eigenvalue weighted by Crippen LogP contribution is -2.18. The Morgan fingerprint density at radius 2 is 2.07 bits per heavy atom. The second kappa shape index (κ2) is 4.43. The SMILES string of the molecule is C=Cc1cccc(CN2CCCC2)c1. The second-order valence-corrected chi connectivity index (χ2v) is 3.93. The van der Waals surface area contributed by atoms with E-state index in [0.29, 0.717) is 0 Å². The molecule has 1 nitrogen and oxygen atoms in total. The van der Waals surface area contributed by atoms with Crippen molar-refractivity contribution in [2.75, 3.05) is 13.1 Å². The fraction of sp³-hybridized carbons (Fsp3) is 0.385. The Morgan fingerprint density at radius 3 is 2.79 bits per heavy atom. The van der Waals surface area contributed by atoms with Crippen LogP contribution in [0.25, 0.3) is 6.08 Å². The number of nitrogens with zero attached hydrogens (tertiary/aromatic N) is 1. The molecule has 2 rings (SSSR count). The predicted octanol–water partition coefficient (Wildman–Crippen LogP) is 2.93. The molecular weight excluding hydrogens is 170 g/mol. The lowest BCUT2D eigenvalue weighted by molar-refractivity contribution is 0.331. The molecule has 74 valence electrons. The van der Waals surface area contributed by atoms with Crippen LogP contribution in [-0.2, 0) is 6.54 Å². The van der Waals surface area contributed by atoms with Crippen molar-refractivity contribution in [3.05, 3.63) is 42.0 Å². The topological polar surface area (TPSA) is 3.24 Å². The van der Waals surface area contributed by atoms with E-state index in [1.165, 1.54) is 37.1 Å². The molecule has 1 aromatic rings. The van der Waals surface area contributed by atoms with E-state index in [4.69, 9.17) is 0 Å². The van der Waals surface area contributed by atoms with E-state index in [1.54, 1.807) is 0 Å². The summed E-state index contributed by atoms with van der Waals surface area (Å²) in [4.78, 5) is 2.52. The Bertz CT molecular complexity index is 311. The monoisotopic (exact) mass is 187 g/mol. The molecule has 1 aliphatic rings. The van der Waals surface area contributed by atoms with Crippen molar-refractivity contribution in [3.63, 3.8) is 0 Å². The molecule has 0 saturated carbocycles. The van der Waals surface area contributed by atoms with Crippen LogP contribution < -0.4 is 0 Å². The molecule has 1 aliphatic heterocycles. The van der Waals surface area contributed by atoms with E-state index >= 15 is 0 Å². The highest BCUT2D eigenvalue weighted by Gasteiger charge is 2.11. The number of benzene rings is 1. The zero-order valence-electron chi connectivity index (χ0n) is 8.58. The average molecular weight is 187 g/mol. The molecule has 0 radical (unpaired) electrons. The lowest BCUT2D eigenvalue weighted by Gasteiger charge is -2.14. The first-order chi connectivity index (χ1) is 6.88. The summed E-state index contributed by atoms with van der Waals surface area (Å²) in [6.45, 7) is 7.41. The maximum absolute atomic E-state index is 3.79. The van der Waals surface area contributed by atoms with Gasteiger partial charge in [0, 0.05) is 6.54 Å². The van der Waals surface area contributed by atoms with Crippen molar-refractivity contribution in [3.8, 4) is 0 Å². The first-order valence-electron chi connectivity index (χ1n) is 5.32. The molecule has 0 aromatic heterocycles. The van der Waals surface area contributed by atoms with Gasteiger partial charge in [0.1, 0.15) is 0 Å². The molecule has 1 aromatic carbocycles. The maximum atomic E-state index is 3.79. The van der Waals surface area contributed by atoms with Gasteiger partial charge in [-0.1, -0.05) is 36.9 Å². The van der Waals surface area contributed by atoms with Crippen molar-refractivity contribution >= 4 is 6.08 Å². The summed E-state index contributed by atoms with van der Waals surface area (Å²) < 4.78 is 0. The van der Waals surface area contributed by atoms with Crippen molar-refractivity contribution < 1.29 is 0 Å². The summed E-state index contributed by atoms with van der Waals surface area (Å²) in [5.41, 5.74) is 2.63. The quantitative estimate of drug-likeness (QED) is 0.703. The molecule has 1 heterocycles. The van der Waals surface area contributed by atoms with Crippen LogP contribution in [-0.4, -0.2) is 18.0 Å². The van der Waals surface area contributed by atoms with E-state index in [-0.39, 0.29) is 0 Å². The third kappa shape index (κ3) is 2.24. The predicted molar refractivity (Wildman–Crippen MR) is 61.0 cm³/mol. The summed E-state index contributed by atoms with van der Waals surface area (Å²) in [6, 6.07) is 8.64. The zero-order chi connectivity index (χ0) is 9.80. The van der Waals surface area contributed by atoms with Gasteiger partial charge < -0.3 is 0 Å². The van der Waals surface area contributed by atoms with Crippen LogP contribution in [0.2, 0.25) is 0 Å². The molecule has 1 saturated heterocycles. The highest BCUT2D eigenvalue weighted by atomic mass is 15.1. The zero-order valence-corrected chi connectivity index (χ0v) is 8.58. The van der Waals surface area contributed by atoms with Crippen LogP contribution in [0.5, 0.6) is 0 Å². The van der Waals surface area contributed by atoms with Crippen LogP contribution in [0.3, 0.4) is 0 Å². The number of rotatable bonds is 3. The maximum Gasteiger partial charge on any atom is 0.0233 e. The molecule has 14 heavy (non-hydrogen) atoms. The minimum absolute atomic E-state index is 1.10. The van der Waals surface area contributed by atoms with Gasteiger partial charge in [0.05, 0.1) is 0 Å². The number of hydrogen-bond donors (Lipinski definition) is 0. The van der Waals surface area contributed by atoms with Gasteiger partial charge in [0.25, 0.3) is 0 Å². The summed E-state index contributed by atoms with van der Waals surface area (Å²) >= 11 is 0. The standard InChI is InChI=1S/C13H17N/c1-2-12-6-5-7-13(10-12)11-14-8-3-4-9-14/h2,5-7,10H,1,3-4,8-9,11H2. The van der Waals surface area contributed by atoms with E-state index < -0.39 is 0 Å². The number of likely N-dealkylation sites (tertiary alicyclic amines) is 1. The fourth-order valence-corrected chi connectivity index (χ4v) is 2.02. The second-order valence-electron chi connectivity index (χ2n) is 3.93. The highest BCUT2D eigenvalue weighted by molar-refractivity contribution is 5.47. The smallest absolute Gasteiger partial charge is 0.0233 e. The van der Waals surface area contributed by atoms with Crippen molar-refractivity contribution in [1.82, 2.24) is 4.90 Å². The molecule has 0 N–H and O–H groups in total. The van der Waals surface area contributed by atoms with Crippen LogP contribution in [0.4, 0.5) is 0 Å². The minimum Gasteiger partial charge on any atom is -0.299 e. The molecule has 0 atom stereocenters. The van der Waals surface area contributed by atoms with Crippen molar-refractivity contribution in [2.45, 2.75) is 19.4 Å². The molecule has 0 spiro atoms. The van der Waals surface area contributed by atoms with Crippen molar-refractivity contribution in [2.24, 2.45) is 0 Å². The molecular formula is C13H17N. The first-order valence-corrected chi connectivity index (χ1v) is 5.32. The molecule has 0 unspecified atom stereocenters. The number of hydrogen-bond acceptors (Lipinski definition) is 1. The first kappa shape index (κ1) is 9.47. The van der Waals surface area contributed by atoms with Gasteiger partial charge in [-0.05, 0) is 37.1 Å². The third-order valence-corrected chi connectivity index (χ3v) is 2.79. The Morgan fingerprint density at radius 1 is 1.29 bits per heavy atom. The Labute approximate surface area is 86.1 Å². The molecule has 1 heteroatoms. The fourth-order valence-electron chi connectivity index (χ4n) is 2.02. The van der Waals surface area contributed by atoms with Gasteiger partial charge in [0.15, 0.2) is 0 Å². The van der Waals surface area contributed by atoms with E-state index in [2.05, 4.69) is 35.7 Å². The van der Waals surface area contributed by atoms with Crippen molar-refractivity contribution in [1.29, 1.82) is 0 Å². The van der Waals surface area contributed by atoms with Gasteiger partial charge in [-0.2, -0.15) is 0 Å². The van der Waals surface area contributed by atoms with E-state index in [1.807, 2.05) is 6.08 Å². The lowest BCUT2D eigenvalue weighted by atomic mass is 10.1. The van der Waals surface area contributed by atoms with E-state index in [9.17, 15) is 0 Å². The minimum atomic E-state index is 1.10. The van der Waals surface area contributed by atoms with Gasteiger partial charge in [0.2, 0.25) is 0 Å². The third-order valence-electron chi connectivity index (χ3n) is 2.79. The molecule has 0 amide bonds. The summed E-state index contributed by atoms with van der Waals surface area (Å²) in [6.07, 6.45) is 4.63. The van der Waals surface area contributed by atoms with Crippen LogP contribution in [0, 0.1) is 0 Å².